The molecule has 0 radical (unpaired) electrons. The number of amides is 1. The van der Waals surface area contributed by atoms with Crippen LogP contribution in [-0.2, 0) is 27.1 Å². The summed E-state index contributed by atoms with van der Waals surface area (Å²) >= 11 is 0. The Hall–Kier alpha value is -2.95. The molecule has 6 nitrogen and oxygen atoms in total. The van der Waals surface area contributed by atoms with Gasteiger partial charge in [0.15, 0.2) is 0 Å². The molecular formula is C19H19N3O3S. The number of rotatable bonds is 7. The van der Waals surface area contributed by atoms with E-state index in [1.807, 2.05) is 0 Å². The number of benzene rings is 2. The van der Waals surface area contributed by atoms with E-state index in [1.54, 1.807) is 54.6 Å². The van der Waals surface area contributed by atoms with Crippen molar-refractivity contribution in [2.45, 2.75) is 12.3 Å². The summed E-state index contributed by atoms with van der Waals surface area (Å²) < 4.78 is 25.8. The lowest BCUT2D eigenvalue weighted by atomic mass is 10.1. The van der Waals surface area contributed by atoms with Crippen molar-refractivity contribution in [2.75, 3.05) is 7.05 Å². The van der Waals surface area contributed by atoms with Crippen molar-refractivity contribution in [1.82, 2.24) is 10.0 Å². The molecule has 2 rings (SSSR count). The molecule has 1 amide bonds. The number of carbonyl (C=O) groups excluding carboxylic acids is 1. The summed E-state index contributed by atoms with van der Waals surface area (Å²) in [6.07, 6.45) is 2.92. The van der Waals surface area contributed by atoms with E-state index in [2.05, 4.69) is 16.1 Å². The van der Waals surface area contributed by atoms with Crippen molar-refractivity contribution >= 4 is 22.0 Å². The van der Waals surface area contributed by atoms with Crippen LogP contribution < -0.4 is 10.0 Å². The van der Waals surface area contributed by atoms with Crippen molar-refractivity contribution in [1.29, 1.82) is 5.26 Å². The van der Waals surface area contributed by atoms with Gasteiger partial charge in [-0.15, -0.1) is 0 Å². The van der Waals surface area contributed by atoms with E-state index >= 15 is 0 Å². The summed E-state index contributed by atoms with van der Waals surface area (Å²) in [5, 5.41) is 11.8. The van der Waals surface area contributed by atoms with E-state index in [0.29, 0.717) is 16.7 Å². The molecule has 0 aliphatic carbocycles. The van der Waals surface area contributed by atoms with Crippen LogP contribution in [0.5, 0.6) is 0 Å². The Kier molecular flexibility index (Phi) is 6.67. The second kappa shape index (κ2) is 8.94. The highest BCUT2D eigenvalue weighted by molar-refractivity contribution is 7.88. The van der Waals surface area contributed by atoms with Crippen molar-refractivity contribution < 1.29 is 13.2 Å². The van der Waals surface area contributed by atoms with E-state index in [0.717, 1.165) is 5.56 Å². The predicted octanol–water partition coefficient (Wildman–Crippen LogP) is 1.94. The standard InChI is InChI=1S/C19H19N3O3S/c1-21-26(24,25)14-18-9-5-4-8-17(18)13-22-19(23)11-10-15-6-2-3-7-16(15)12-20/h2-11,21H,13-14H2,1H3,(H,22,23)/b11-10+. The van der Waals surface area contributed by atoms with Gasteiger partial charge in [0.05, 0.1) is 17.4 Å². The predicted molar refractivity (Wildman–Crippen MR) is 100 cm³/mol. The zero-order chi connectivity index (χ0) is 19.0. The summed E-state index contributed by atoms with van der Waals surface area (Å²) in [6, 6.07) is 16.1. The van der Waals surface area contributed by atoms with E-state index in [-0.39, 0.29) is 18.2 Å². The molecule has 2 aromatic carbocycles. The minimum Gasteiger partial charge on any atom is -0.348 e. The van der Waals surface area contributed by atoms with Gasteiger partial charge in [-0.1, -0.05) is 42.5 Å². The van der Waals surface area contributed by atoms with Gasteiger partial charge in [-0.2, -0.15) is 5.26 Å². The molecule has 0 saturated heterocycles. The normalized spacial score (nSPS) is 11.2. The molecule has 0 heterocycles. The minimum absolute atomic E-state index is 0.152. The van der Waals surface area contributed by atoms with Crippen LogP contribution in [0.1, 0.15) is 22.3 Å². The third-order valence-electron chi connectivity index (χ3n) is 3.72. The van der Waals surface area contributed by atoms with E-state index < -0.39 is 10.0 Å². The summed E-state index contributed by atoms with van der Waals surface area (Å²) in [6.45, 7) is 0.207. The molecule has 0 aromatic heterocycles. The van der Waals surface area contributed by atoms with Gasteiger partial charge in [-0.3, -0.25) is 4.79 Å². The van der Waals surface area contributed by atoms with Crippen molar-refractivity contribution in [3.8, 4) is 6.07 Å². The topological polar surface area (TPSA) is 99.1 Å². The molecule has 2 N–H and O–H groups in total. The highest BCUT2D eigenvalue weighted by Gasteiger charge is 2.12. The van der Waals surface area contributed by atoms with Crippen molar-refractivity contribution in [3.05, 3.63) is 76.9 Å². The summed E-state index contributed by atoms with van der Waals surface area (Å²) in [4.78, 5) is 12.0. The van der Waals surface area contributed by atoms with Crippen LogP contribution in [0.25, 0.3) is 6.08 Å². The zero-order valence-electron chi connectivity index (χ0n) is 14.3. The molecule has 26 heavy (non-hydrogen) atoms. The molecule has 0 unspecified atom stereocenters. The Morgan fingerprint density at radius 3 is 2.46 bits per heavy atom. The SMILES string of the molecule is CNS(=O)(=O)Cc1ccccc1CNC(=O)/C=C/c1ccccc1C#N. The Labute approximate surface area is 153 Å². The zero-order valence-corrected chi connectivity index (χ0v) is 15.1. The third kappa shape index (κ3) is 5.55. The van der Waals surface area contributed by atoms with Gasteiger partial charge in [-0.25, -0.2) is 13.1 Å². The minimum atomic E-state index is -3.39. The van der Waals surface area contributed by atoms with E-state index in [9.17, 15) is 13.2 Å². The first-order valence-electron chi connectivity index (χ1n) is 7.88. The number of nitriles is 1. The number of nitrogens with one attached hydrogen (secondary N) is 2. The largest absolute Gasteiger partial charge is 0.348 e. The van der Waals surface area contributed by atoms with Gasteiger partial charge in [-0.05, 0) is 35.9 Å². The average Bonchev–Trinajstić information content (AvgIpc) is 2.65. The summed E-state index contributed by atoms with van der Waals surface area (Å²) in [7, 11) is -2.03. The fraction of sp³-hybridized carbons (Fsp3) is 0.158. The molecule has 0 spiro atoms. The van der Waals surface area contributed by atoms with Crippen LogP contribution in [0.15, 0.2) is 54.6 Å². The van der Waals surface area contributed by atoms with Gasteiger partial charge in [0, 0.05) is 12.6 Å². The molecule has 0 aliphatic heterocycles. The Morgan fingerprint density at radius 2 is 1.77 bits per heavy atom. The first-order chi connectivity index (χ1) is 12.4. The van der Waals surface area contributed by atoms with E-state index in [4.69, 9.17) is 5.26 Å². The van der Waals surface area contributed by atoms with Crippen molar-refractivity contribution in [3.63, 3.8) is 0 Å². The maximum Gasteiger partial charge on any atom is 0.244 e. The first kappa shape index (κ1) is 19.4. The number of hydrogen-bond donors (Lipinski definition) is 2. The van der Waals surface area contributed by atoms with Crippen LogP contribution >= 0.6 is 0 Å². The summed E-state index contributed by atoms with van der Waals surface area (Å²) in [5.41, 5.74) is 2.50. The highest BCUT2D eigenvalue weighted by atomic mass is 32.2. The van der Waals surface area contributed by atoms with Crippen LogP contribution in [0, 0.1) is 11.3 Å². The second-order valence-corrected chi connectivity index (χ2v) is 7.41. The van der Waals surface area contributed by atoms with Crippen molar-refractivity contribution in [2.24, 2.45) is 0 Å². The van der Waals surface area contributed by atoms with Crippen LogP contribution in [-0.4, -0.2) is 21.4 Å². The van der Waals surface area contributed by atoms with Crippen LogP contribution in [0.2, 0.25) is 0 Å². The van der Waals surface area contributed by atoms with Crippen LogP contribution in [0.3, 0.4) is 0 Å². The van der Waals surface area contributed by atoms with E-state index in [1.165, 1.54) is 13.1 Å². The molecule has 0 fully saturated rings. The lowest BCUT2D eigenvalue weighted by Gasteiger charge is -2.10. The molecule has 0 aliphatic rings. The Balaban J connectivity index is 2.04. The number of carbonyl (C=O) groups is 1. The number of sulfonamides is 1. The smallest absolute Gasteiger partial charge is 0.244 e. The fourth-order valence-electron chi connectivity index (χ4n) is 2.30. The quantitative estimate of drug-likeness (QED) is 0.729. The molecule has 0 saturated carbocycles. The first-order valence-corrected chi connectivity index (χ1v) is 9.53. The van der Waals surface area contributed by atoms with Gasteiger partial charge in [0.1, 0.15) is 0 Å². The molecule has 134 valence electrons. The average molecular weight is 369 g/mol. The number of nitrogens with zero attached hydrogens (tertiary/aromatic N) is 1. The van der Waals surface area contributed by atoms with Gasteiger partial charge in [0.25, 0.3) is 0 Å². The lowest BCUT2D eigenvalue weighted by Crippen LogP contribution is -2.24. The number of hydrogen-bond acceptors (Lipinski definition) is 4. The highest BCUT2D eigenvalue weighted by Crippen LogP contribution is 2.12. The third-order valence-corrected chi connectivity index (χ3v) is 5.04. The van der Waals surface area contributed by atoms with Gasteiger partial charge in [0.2, 0.25) is 15.9 Å². The molecule has 7 heteroatoms. The van der Waals surface area contributed by atoms with Crippen LogP contribution in [0.4, 0.5) is 0 Å². The maximum absolute atomic E-state index is 12.0. The maximum atomic E-state index is 12.0. The molecule has 0 bridgehead atoms. The molecule has 2 aromatic rings. The molecule has 0 atom stereocenters. The Bertz CT molecular complexity index is 960. The van der Waals surface area contributed by atoms with Gasteiger partial charge >= 0.3 is 0 Å². The second-order valence-electron chi connectivity index (χ2n) is 5.48. The fourth-order valence-corrected chi connectivity index (χ4v) is 3.13. The summed E-state index contributed by atoms with van der Waals surface area (Å²) in [5.74, 6) is -0.481. The van der Waals surface area contributed by atoms with Gasteiger partial charge < -0.3 is 5.32 Å². The Morgan fingerprint density at radius 1 is 1.12 bits per heavy atom. The molecular weight excluding hydrogens is 350 g/mol. The lowest BCUT2D eigenvalue weighted by molar-refractivity contribution is -0.116. The monoisotopic (exact) mass is 369 g/mol.